The van der Waals surface area contributed by atoms with Crippen molar-refractivity contribution in [1.82, 2.24) is 4.98 Å². The Morgan fingerprint density at radius 2 is 0.970 bits per heavy atom. The average Bonchev–Trinajstić information content (AvgIpc) is 2.76. The third kappa shape index (κ3) is 6.27. The van der Waals surface area contributed by atoms with Gasteiger partial charge in [-0.05, 0) is 86.0 Å². The van der Waals surface area contributed by atoms with Crippen LogP contribution in [0.3, 0.4) is 0 Å². The Labute approximate surface area is 192 Å². The first-order valence-corrected chi connectivity index (χ1v) is 12.2. The lowest BCUT2D eigenvalue weighted by molar-refractivity contribution is 0.481. The van der Waals surface area contributed by atoms with Gasteiger partial charge < -0.3 is 10.6 Å². The number of hydrogen-bond donors (Lipinski definition) is 4. The van der Waals surface area contributed by atoms with E-state index in [4.69, 9.17) is 14.4 Å². The summed E-state index contributed by atoms with van der Waals surface area (Å²) in [7, 11) is -8.55. The van der Waals surface area contributed by atoms with E-state index in [-0.39, 0.29) is 9.79 Å². The van der Waals surface area contributed by atoms with Gasteiger partial charge in [0.05, 0.1) is 9.79 Å². The molecule has 0 amide bonds. The van der Waals surface area contributed by atoms with Crippen LogP contribution in [0.4, 0.5) is 23.0 Å². The van der Waals surface area contributed by atoms with Crippen LogP contribution in [0.1, 0.15) is 16.7 Å². The first-order chi connectivity index (χ1) is 15.4. The van der Waals surface area contributed by atoms with E-state index < -0.39 is 20.2 Å². The molecular formula is C21H22N4O6S2. The first kappa shape index (κ1) is 25.8. The molecule has 0 saturated carbocycles. The van der Waals surface area contributed by atoms with Crippen LogP contribution in [0, 0.1) is 32.6 Å². The number of hydrogen-bond acceptors (Lipinski definition) is 8. The second-order valence-electron chi connectivity index (χ2n) is 6.93. The van der Waals surface area contributed by atoms with Crippen molar-refractivity contribution in [3.63, 3.8) is 0 Å². The van der Waals surface area contributed by atoms with Crippen LogP contribution in [0.2, 0.25) is 0 Å². The van der Waals surface area contributed by atoms with Crippen molar-refractivity contribution < 1.29 is 25.9 Å². The standard InChI is InChI=1S/C20H21N3O6S2.CHN/c1-12-13(2)19(21-15-4-8-17(9-5-15)30(24,25)26)23-20(14(12)3)22-16-6-10-18(11-7-16)31(27,28)29;1-2/h4-11H,1-3H3,(H2,21,22,23)(H,24,25,26)(H,27,28,29);1H. The summed E-state index contributed by atoms with van der Waals surface area (Å²) >= 11 is 0. The summed E-state index contributed by atoms with van der Waals surface area (Å²) in [4.78, 5) is 4.19. The molecule has 0 aliphatic rings. The Morgan fingerprint density at radius 1 is 0.667 bits per heavy atom. The second-order valence-corrected chi connectivity index (χ2v) is 9.78. The van der Waals surface area contributed by atoms with E-state index in [0.29, 0.717) is 23.0 Å². The highest BCUT2D eigenvalue weighted by molar-refractivity contribution is 7.86. The van der Waals surface area contributed by atoms with Crippen molar-refractivity contribution in [1.29, 1.82) is 5.26 Å². The van der Waals surface area contributed by atoms with Crippen LogP contribution in [0.5, 0.6) is 0 Å². The zero-order valence-corrected chi connectivity index (χ0v) is 19.6. The zero-order chi connectivity index (χ0) is 25.0. The van der Waals surface area contributed by atoms with Crippen molar-refractivity contribution in [3.05, 3.63) is 65.2 Å². The van der Waals surface area contributed by atoms with Crippen LogP contribution in [0.25, 0.3) is 0 Å². The Morgan fingerprint density at radius 3 is 1.24 bits per heavy atom. The number of rotatable bonds is 6. The molecule has 33 heavy (non-hydrogen) atoms. The van der Waals surface area contributed by atoms with Gasteiger partial charge in [0.15, 0.2) is 0 Å². The first-order valence-electron chi connectivity index (χ1n) is 9.29. The molecule has 0 unspecified atom stereocenters. The summed E-state index contributed by atoms with van der Waals surface area (Å²) in [6.07, 6.45) is 0. The topological polar surface area (TPSA) is 169 Å². The minimum Gasteiger partial charge on any atom is -0.340 e. The van der Waals surface area contributed by atoms with Gasteiger partial charge in [0.1, 0.15) is 11.6 Å². The molecule has 2 aromatic carbocycles. The molecule has 0 atom stereocenters. The lowest BCUT2D eigenvalue weighted by atomic mass is 10.1. The number of benzene rings is 2. The van der Waals surface area contributed by atoms with Crippen molar-refractivity contribution in [2.75, 3.05) is 10.6 Å². The van der Waals surface area contributed by atoms with Crippen molar-refractivity contribution in [2.24, 2.45) is 0 Å². The van der Waals surface area contributed by atoms with Crippen molar-refractivity contribution in [2.45, 2.75) is 30.6 Å². The largest absolute Gasteiger partial charge is 0.340 e. The molecule has 0 spiro atoms. The molecule has 3 aromatic rings. The maximum Gasteiger partial charge on any atom is 0.294 e. The lowest BCUT2D eigenvalue weighted by Gasteiger charge is -2.17. The summed E-state index contributed by atoms with van der Waals surface area (Å²) in [5.74, 6) is 1.08. The van der Waals surface area contributed by atoms with Crippen LogP contribution in [0.15, 0.2) is 58.3 Å². The van der Waals surface area contributed by atoms with Crippen LogP contribution < -0.4 is 10.6 Å². The maximum absolute atomic E-state index is 11.2. The normalized spacial score (nSPS) is 11.2. The molecular weight excluding hydrogens is 468 g/mol. The summed E-state index contributed by atoms with van der Waals surface area (Å²) in [5, 5.41) is 12.8. The Kier molecular flexibility index (Phi) is 7.78. The van der Waals surface area contributed by atoms with Gasteiger partial charge in [-0.2, -0.15) is 16.8 Å². The SMILES string of the molecule is C#N.Cc1c(Nc2ccc(S(=O)(=O)O)cc2)nc(Nc2ccc(S(=O)(=O)O)cc2)c(C)c1C. The van der Waals surface area contributed by atoms with Crippen LogP contribution >= 0.6 is 0 Å². The Bertz CT molecular complexity index is 1280. The summed E-state index contributed by atoms with van der Waals surface area (Å²) in [5.41, 5.74) is 3.92. The zero-order valence-electron chi connectivity index (χ0n) is 17.9. The predicted octanol–water partition coefficient (Wildman–Crippen LogP) is 4.13. The van der Waals surface area contributed by atoms with E-state index in [1.54, 1.807) is 0 Å². The fourth-order valence-corrected chi connectivity index (χ4v) is 3.81. The highest BCUT2D eigenvalue weighted by Crippen LogP contribution is 2.30. The molecule has 0 aliphatic heterocycles. The molecule has 1 aromatic heterocycles. The quantitative estimate of drug-likeness (QED) is 0.368. The highest BCUT2D eigenvalue weighted by Gasteiger charge is 2.14. The second kappa shape index (κ2) is 9.97. The van der Waals surface area contributed by atoms with Crippen LogP contribution in [-0.4, -0.2) is 30.9 Å². The van der Waals surface area contributed by atoms with Gasteiger partial charge >= 0.3 is 0 Å². The Balaban J connectivity index is 0.00000187. The fourth-order valence-electron chi connectivity index (χ4n) is 2.85. The number of nitrogens with one attached hydrogen (secondary N) is 2. The molecule has 3 rings (SSSR count). The molecule has 0 saturated heterocycles. The molecule has 10 nitrogen and oxygen atoms in total. The smallest absolute Gasteiger partial charge is 0.294 e. The maximum atomic E-state index is 11.2. The third-order valence-electron chi connectivity index (χ3n) is 4.89. The van der Waals surface area contributed by atoms with Gasteiger partial charge in [0, 0.05) is 17.9 Å². The van der Waals surface area contributed by atoms with Crippen LogP contribution in [-0.2, 0) is 20.2 Å². The molecule has 4 N–H and O–H groups in total. The van der Waals surface area contributed by atoms with Crippen molar-refractivity contribution in [3.8, 4) is 6.57 Å². The third-order valence-corrected chi connectivity index (χ3v) is 6.62. The van der Waals surface area contributed by atoms with Gasteiger partial charge in [0.25, 0.3) is 20.2 Å². The van der Waals surface area contributed by atoms with E-state index in [0.717, 1.165) is 16.7 Å². The Hall–Kier alpha value is -3.50. The molecule has 0 fully saturated rings. The van der Waals surface area contributed by atoms with Gasteiger partial charge in [-0.1, -0.05) is 0 Å². The van der Waals surface area contributed by atoms with E-state index >= 15 is 0 Å². The van der Waals surface area contributed by atoms with Gasteiger partial charge in [-0.25, -0.2) is 10.2 Å². The van der Waals surface area contributed by atoms with Gasteiger partial charge in [-0.15, -0.1) is 0 Å². The van der Waals surface area contributed by atoms with Gasteiger partial charge in [-0.3, -0.25) is 9.11 Å². The number of nitriles is 1. The number of anilines is 4. The summed E-state index contributed by atoms with van der Waals surface area (Å²) in [6, 6.07) is 11.2. The molecule has 174 valence electrons. The number of pyridine rings is 1. The summed E-state index contributed by atoms with van der Waals surface area (Å²) < 4.78 is 63.0. The predicted molar refractivity (Wildman–Crippen MR) is 124 cm³/mol. The number of aromatic nitrogens is 1. The monoisotopic (exact) mass is 490 g/mol. The number of nitrogens with zero attached hydrogens (tertiary/aromatic N) is 2. The minimum atomic E-state index is -4.27. The van der Waals surface area contributed by atoms with E-state index in [1.165, 1.54) is 48.5 Å². The van der Waals surface area contributed by atoms with E-state index in [1.807, 2.05) is 20.8 Å². The molecule has 12 heteroatoms. The fraction of sp³-hybridized carbons (Fsp3) is 0.143. The van der Waals surface area contributed by atoms with E-state index in [2.05, 4.69) is 22.2 Å². The van der Waals surface area contributed by atoms with Crippen molar-refractivity contribution >= 4 is 43.2 Å². The molecule has 0 radical (unpaired) electrons. The lowest BCUT2D eigenvalue weighted by Crippen LogP contribution is -2.06. The molecule has 0 aliphatic carbocycles. The van der Waals surface area contributed by atoms with Gasteiger partial charge in [0.2, 0.25) is 0 Å². The minimum absolute atomic E-state index is 0.210. The summed E-state index contributed by atoms with van der Waals surface area (Å²) in [6.45, 7) is 9.23. The molecule has 1 heterocycles. The molecule has 0 bridgehead atoms. The highest BCUT2D eigenvalue weighted by atomic mass is 32.2. The van der Waals surface area contributed by atoms with E-state index in [9.17, 15) is 16.8 Å². The average molecular weight is 491 g/mol.